The minimum atomic E-state index is 0.263. The van der Waals surface area contributed by atoms with Crippen molar-refractivity contribution in [1.82, 2.24) is 4.90 Å². The molecule has 0 aromatic carbocycles. The van der Waals surface area contributed by atoms with Gasteiger partial charge in [0, 0.05) is 6.54 Å². The molecule has 0 amide bonds. The summed E-state index contributed by atoms with van der Waals surface area (Å²) in [5.41, 5.74) is 6.77. The summed E-state index contributed by atoms with van der Waals surface area (Å²) in [6, 6.07) is 2.10. The van der Waals surface area contributed by atoms with E-state index in [1.807, 2.05) is 0 Å². The van der Waals surface area contributed by atoms with Crippen LogP contribution in [0.5, 0.6) is 0 Å². The molecule has 1 aromatic heterocycles. The molecule has 5 heteroatoms. The summed E-state index contributed by atoms with van der Waals surface area (Å²) in [7, 11) is 0. The summed E-state index contributed by atoms with van der Waals surface area (Å²) < 4.78 is 0. The summed E-state index contributed by atoms with van der Waals surface area (Å²) in [6.45, 7) is 4.44. The van der Waals surface area contributed by atoms with Gasteiger partial charge >= 0.3 is 0 Å². The fraction of sp³-hybridized carbons (Fsp3) is 0.500. The maximum atomic E-state index is 8.52. The van der Waals surface area contributed by atoms with Crippen LogP contribution < -0.4 is 5.73 Å². The number of thiophene rings is 1. The van der Waals surface area contributed by atoms with Gasteiger partial charge in [0.2, 0.25) is 0 Å². The molecule has 0 aliphatic rings. The van der Waals surface area contributed by atoms with Crippen molar-refractivity contribution in [2.45, 2.75) is 19.9 Å². The zero-order chi connectivity index (χ0) is 11.1. The van der Waals surface area contributed by atoms with Gasteiger partial charge in [-0.05, 0) is 35.4 Å². The summed E-state index contributed by atoms with van der Waals surface area (Å²) in [6.07, 6.45) is 1.06. The SMILES string of the molecule is CCCN(CC(N)=NO)Cc1ccsc1. The Morgan fingerprint density at radius 1 is 1.67 bits per heavy atom. The van der Waals surface area contributed by atoms with Crippen LogP contribution in [0.25, 0.3) is 0 Å². The van der Waals surface area contributed by atoms with Gasteiger partial charge in [-0.2, -0.15) is 11.3 Å². The molecule has 0 saturated heterocycles. The monoisotopic (exact) mass is 227 g/mol. The van der Waals surface area contributed by atoms with Crippen LogP contribution in [0.1, 0.15) is 18.9 Å². The maximum Gasteiger partial charge on any atom is 0.153 e. The third-order valence-corrected chi connectivity index (χ3v) is 2.77. The van der Waals surface area contributed by atoms with Crippen LogP contribution in [-0.2, 0) is 6.54 Å². The second-order valence-corrected chi connectivity index (χ2v) is 4.21. The molecule has 1 heterocycles. The lowest BCUT2D eigenvalue weighted by molar-refractivity contribution is 0.286. The molecule has 3 N–H and O–H groups in total. The summed E-state index contributed by atoms with van der Waals surface area (Å²) in [5, 5.41) is 15.7. The number of nitrogens with zero attached hydrogens (tertiary/aromatic N) is 2. The molecule has 0 bridgehead atoms. The predicted octanol–water partition coefficient (Wildman–Crippen LogP) is 1.71. The van der Waals surface area contributed by atoms with Crippen molar-refractivity contribution < 1.29 is 5.21 Å². The Hall–Kier alpha value is -1.07. The molecular weight excluding hydrogens is 210 g/mol. The number of hydrogen-bond donors (Lipinski definition) is 2. The van der Waals surface area contributed by atoms with E-state index in [4.69, 9.17) is 10.9 Å². The predicted molar refractivity (Wildman–Crippen MR) is 63.3 cm³/mol. The first-order valence-electron chi connectivity index (χ1n) is 4.96. The first kappa shape index (κ1) is 12.0. The minimum absolute atomic E-state index is 0.263. The third kappa shape index (κ3) is 4.31. The number of rotatable bonds is 6. The Morgan fingerprint density at radius 3 is 3.00 bits per heavy atom. The van der Waals surface area contributed by atoms with E-state index in [1.165, 1.54) is 5.56 Å². The van der Waals surface area contributed by atoms with Gasteiger partial charge in [0.25, 0.3) is 0 Å². The average Bonchev–Trinajstić information content (AvgIpc) is 2.70. The van der Waals surface area contributed by atoms with Crippen LogP contribution in [0.15, 0.2) is 22.0 Å². The zero-order valence-electron chi connectivity index (χ0n) is 8.89. The van der Waals surface area contributed by atoms with Crippen LogP contribution in [0.2, 0.25) is 0 Å². The Bertz CT molecular complexity index is 298. The molecule has 1 rings (SSSR count). The zero-order valence-corrected chi connectivity index (χ0v) is 9.70. The number of amidine groups is 1. The minimum Gasteiger partial charge on any atom is -0.409 e. The second kappa shape index (κ2) is 6.42. The molecule has 84 valence electrons. The molecule has 1 aromatic rings. The molecule has 0 unspecified atom stereocenters. The third-order valence-electron chi connectivity index (χ3n) is 2.04. The van der Waals surface area contributed by atoms with E-state index in [9.17, 15) is 0 Å². The van der Waals surface area contributed by atoms with Gasteiger partial charge < -0.3 is 10.9 Å². The Balaban J connectivity index is 2.50. The quantitative estimate of drug-likeness (QED) is 0.336. The largest absolute Gasteiger partial charge is 0.409 e. The molecule has 0 spiro atoms. The lowest BCUT2D eigenvalue weighted by Gasteiger charge is -2.19. The summed E-state index contributed by atoms with van der Waals surface area (Å²) in [4.78, 5) is 2.16. The van der Waals surface area contributed by atoms with Crippen LogP contribution in [-0.4, -0.2) is 29.0 Å². The van der Waals surface area contributed by atoms with E-state index >= 15 is 0 Å². The van der Waals surface area contributed by atoms with Crippen molar-refractivity contribution in [3.05, 3.63) is 22.4 Å². The molecule has 0 fully saturated rings. The van der Waals surface area contributed by atoms with Crippen molar-refractivity contribution >= 4 is 17.2 Å². The van der Waals surface area contributed by atoms with Gasteiger partial charge in [-0.25, -0.2) is 0 Å². The van der Waals surface area contributed by atoms with E-state index in [2.05, 4.69) is 33.8 Å². The lowest BCUT2D eigenvalue weighted by Crippen LogP contribution is -2.34. The van der Waals surface area contributed by atoms with Crippen molar-refractivity contribution in [3.8, 4) is 0 Å². The van der Waals surface area contributed by atoms with Gasteiger partial charge in [-0.1, -0.05) is 12.1 Å². The van der Waals surface area contributed by atoms with Gasteiger partial charge in [0.1, 0.15) is 0 Å². The standard InChI is InChI=1S/C10H17N3OS/c1-2-4-13(7-10(11)12-14)6-9-3-5-15-8-9/h3,5,8,14H,2,4,6-7H2,1H3,(H2,11,12). The van der Waals surface area contributed by atoms with Crippen molar-refractivity contribution in [2.75, 3.05) is 13.1 Å². The number of oxime groups is 1. The second-order valence-electron chi connectivity index (χ2n) is 3.43. The molecule has 0 saturated carbocycles. The highest BCUT2D eigenvalue weighted by molar-refractivity contribution is 7.07. The average molecular weight is 227 g/mol. The van der Waals surface area contributed by atoms with Crippen LogP contribution in [0, 0.1) is 0 Å². The van der Waals surface area contributed by atoms with Gasteiger partial charge in [-0.15, -0.1) is 0 Å². The van der Waals surface area contributed by atoms with Gasteiger partial charge in [0.15, 0.2) is 5.84 Å². The highest BCUT2D eigenvalue weighted by Crippen LogP contribution is 2.09. The fourth-order valence-corrected chi connectivity index (χ4v) is 2.09. The molecule has 0 aliphatic carbocycles. The molecule has 0 aliphatic heterocycles. The van der Waals surface area contributed by atoms with E-state index in [1.54, 1.807) is 11.3 Å². The van der Waals surface area contributed by atoms with E-state index < -0.39 is 0 Å². The summed E-state index contributed by atoms with van der Waals surface area (Å²) >= 11 is 1.69. The molecule has 4 nitrogen and oxygen atoms in total. The topological polar surface area (TPSA) is 61.8 Å². The molecule has 15 heavy (non-hydrogen) atoms. The maximum absolute atomic E-state index is 8.52. The van der Waals surface area contributed by atoms with Crippen molar-refractivity contribution in [3.63, 3.8) is 0 Å². The number of nitrogens with two attached hydrogens (primary N) is 1. The molecule has 0 radical (unpaired) electrons. The lowest BCUT2D eigenvalue weighted by atomic mass is 10.3. The Morgan fingerprint density at radius 2 is 2.47 bits per heavy atom. The van der Waals surface area contributed by atoms with Gasteiger partial charge in [0.05, 0.1) is 6.54 Å². The first-order chi connectivity index (χ1) is 7.26. The molecular formula is C10H17N3OS. The molecule has 0 atom stereocenters. The van der Waals surface area contributed by atoms with Crippen molar-refractivity contribution in [1.29, 1.82) is 0 Å². The number of hydrogen-bond acceptors (Lipinski definition) is 4. The van der Waals surface area contributed by atoms with E-state index in [-0.39, 0.29) is 5.84 Å². The van der Waals surface area contributed by atoms with Crippen LogP contribution in [0.3, 0.4) is 0 Å². The highest BCUT2D eigenvalue weighted by Gasteiger charge is 2.07. The van der Waals surface area contributed by atoms with Crippen molar-refractivity contribution in [2.24, 2.45) is 10.9 Å². The fourth-order valence-electron chi connectivity index (χ4n) is 1.43. The van der Waals surface area contributed by atoms with Gasteiger partial charge in [-0.3, -0.25) is 4.90 Å². The first-order valence-corrected chi connectivity index (χ1v) is 5.90. The van der Waals surface area contributed by atoms with E-state index in [0.29, 0.717) is 6.54 Å². The van der Waals surface area contributed by atoms with Crippen LogP contribution >= 0.6 is 11.3 Å². The Labute approximate surface area is 94.0 Å². The van der Waals surface area contributed by atoms with E-state index in [0.717, 1.165) is 19.5 Å². The Kier molecular flexibility index (Phi) is 5.14. The summed E-state index contributed by atoms with van der Waals surface area (Å²) in [5.74, 6) is 0.263. The highest BCUT2D eigenvalue weighted by atomic mass is 32.1. The van der Waals surface area contributed by atoms with Crippen LogP contribution in [0.4, 0.5) is 0 Å². The smallest absolute Gasteiger partial charge is 0.153 e. The normalized spacial score (nSPS) is 12.3.